The second kappa shape index (κ2) is 9.50. The highest BCUT2D eigenvalue weighted by atomic mass is 16.2. The quantitative estimate of drug-likeness (QED) is 0.778. The normalized spacial score (nSPS) is 16.3. The molecule has 5 nitrogen and oxygen atoms in total. The van der Waals surface area contributed by atoms with Crippen molar-refractivity contribution in [2.45, 2.75) is 19.5 Å². The van der Waals surface area contributed by atoms with E-state index in [1.807, 2.05) is 54.4 Å². The van der Waals surface area contributed by atoms with E-state index in [4.69, 9.17) is 5.26 Å². The van der Waals surface area contributed by atoms with E-state index in [2.05, 4.69) is 34.9 Å². The van der Waals surface area contributed by atoms with Crippen LogP contribution in [0.15, 0.2) is 54.6 Å². The summed E-state index contributed by atoms with van der Waals surface area (Å²) in [6, 6.07) is 20.2. The Balaban J connectivity index is 1.45. The third kappa shape index (κ3) is 5.19. The molecule has 1 saturated heterocycles. The van der Waals surface area contributed by atoms with Crippen LogP contribution in [-0.4, -0.2) is 60.4 Å². The zero-order chi connectivity index (χ0) is 19.9. The molecule has 1 amide bonds. The van der Waals surface area contributed by atoms with Crippen LogP contribution in [0.4, 0.5) is 0 Å². The number of benzene rings is 2. The monoisotopic (exact) mass is 376 g/mol. The van der Waals surface area contributed by atoms with Crippen molar-refractivity contribution in [2.24, 2.45) is 0 Å². The molecule has 0 radical (unpaired) electrons. The maximum Gasteiger partial charge on any atom is 0.236 e. The van der Waals surface area contributed by atoms with Crippen LogP contribution in [0.25, 0.3) is 0 Å². The maximum atomic E-state index is 12.7. The predicted octanol–water partition coefficient (Wildman–Crippen LogP) is 2.90. The lowest BCUT2D eigenvalue weighted by molar-refractivity contribution is -0.133. The summed E-state index contributed by atoms with van der Waals surface area (Å²) in [6.07, 6.45) is 0. The van der Waals surface area contributed by atoms with Gasteiger partial charge < -0.3 is 4.90 Å². The number of amides is 1. The number of nitriles is 1. The van der Waals surface area contributed by atoms with Gasteiger partial charge in [0, 0.05) is 39.8 Å². The number of carbonyl (C=O) groups is 1. The van der Waals surface area contributed by atoms with E-state index in [9.17, 15) is 4.79 Å². The van der Waals surface area contributed by atoms with Gasteiger partial charge in [0.2, 0.25) is 5.91 Å². The van der Waals surface area contributed by atoms with Gasteiger partial charge in [0.15, 0.2) is 0 Å². The Bertz CT molecular complexity index is 805. The number of hydrogen-bond acceptors (Lipinski definition) is 4. The van der Waals surface area contributed by atoms with E-state index in [1.165, 1.54) is 5.56 Å². The van der Waals surface area contributed by atoms with Crippen LogP contribution in [0.5, 0.6) is 0 Å². The maximum absolute atomic E-state index is 12.7. The minimum absolute atomic E-state index is 0.0753. The summed E-state index contributed by atoms with van der Waals surface area (Å²) >= 11 is 0. The van der Waals surface area contributed by atoms with Crippen LogP contribution in [0.1, 0.15) is 29.7 Å². The van der Waals surface area contributed by atoms with Crippen LogP contribution < -0.4 is 0 Å². The molecule has 1 heterocycles. The van der Waals surface area contributed by atoms with Crippen molar-refractivity contribution in [3.8, 4) is 6.07 Å². The fourth-order valence-electron chi connectivity index (χ4n) is 3.52. The van der Waals surface area contributed by atoms with Crippen molar-refractivity contribution in [1.29, 1.82) is 5.26 Å². The first-order valence-corrected chi connectivity index (χ1v) is 9.81. The lowest BCUT2D eigenvalue weighted by atomic mass is 10.1. The third-order valence-corrected chi connectivity index (χ3v) is 5.57. The number of hydrogen-bond donors (Lipinski definition) is 0. The van der Waals surface area contributed by atoms with Gasteiger partial charge >= 0.3 is 0 Å². The number of piperazine rings is 1. The summed E-state index contributed by atoms with van der Waals surface area (Å²) in [4.78, 5) is 19.2. The predicted molar refractivity (Wildman–Crippen MR) is 111 cm³/mol. The molecule has 0 unspecified atom stereocenters. The molecule has 1 atom stereocenters. The molecule has 0 aliphatic carbocycles. The molecule has 1 fully saturated rings. The number of carbonyl (C=O) groups excluding carboxylic acids is 1. The fourth-order valence-corrected chi connectivity index (χ4v) is 3.52. The molecule has 146 valence electrons. The summed E-state index contributed by atoms with van der Waals surface area (Å²) in [6.45, 7) is 7.13. The lowest BCUT2D eigenvalue weighted by Gasteiger charge is -2.35. The second-order valence-corrected chi connectivity index (χ2v) is 7.45. The van der Waals surface area contributed by atoms with Gasteiger partial charge in [0.05, 0.1) is 24.2 Å². The Kier molecular flexibility index (Phi) is 6.80. The highest BCUT2D eigenvalue weighted by Crippen LogP contribution is 2.18. The van der Waals surface area contributed by atoms with Crippen LogP contribution in [0.3, 0.4) is 0 Å². The first-order chi connectivity index (χ1) is 13.6. The zero-order valence-corrected chi connectivity index (χ0v) is 16.7. The van der Waals surface area contributed by atoms with Crippen molar-refractivity contribution in [2.75, 3.05) is 39.8 Å². The molecule has 1 aliphatic heterocycles. The van der Waals surface area contributed by atoms with E-state index < -0.39 is 0 Å². The summed E-state index contributed by atoms with van der Waals surface area (Å²) in [5.41, 5.74) is 3.08. The molecule has 0 spiro atoms. The smallest absolute Gasteiger partial charge is 0.236 e. The average Bonchev–Trinajstić information content (AvgIpc) is 2.75. The topological polar surface area (TPSA) is 50.6 Å². The van der Waals surface area contributed by atoms with Gasteiger partial charge in [0.1, 0.15) is 0 Å². The van der Waals surface area contributed by atoms with Crippen LogP contribution in [0, 0.1) is 11.3 Å². The summed E-state index contributed by atoms with van der Waals surface area (Å²) in [5, 5.41) is 8.89. The van der Waals surface area contributed by atoms with E-state index in [1.54, 1.807) is 0 Å². The highest BCUT2D eigenvalue weighted by Gasteiger charge is 2.23. The fraction of sp³-hybridized carbons (Fsp3) is 0.391. The van der Waals surface area contributed by atoms with E-state index in [0.717, 1.165) is 38.3 Å². The van der Waals surface area contributed by atoms with Gasteiger partial charge in [-0.15, -0.1) is 0 Å². The van der Waals surface area contributed by atoms with E-state index in [0.29, 0.717) is 12.1 Å². The van der Waals surface area contributed by atoms with E-state index in [-0.39, 0.29) is 11.9 Å². The number of likely N-dealkylation sites (N-methyl/N-ethyl adjacent to an activating group) is 1. The molecule has 3 rings (SSSR count). The second-order valence-electron chi connectivity index (χ2n) is 7.45. The Morgan fingerprint density at radius 3 is 2.25 bits per heavy atom. The van der Waals surface area contributed by atoms with Gasteiger partial charge in [0.25, 0.3) is 0 Å². The Hall–Kier alpha value is -2.68. The van der Waals surface area contributed by atoms with Gasteiger partial charge in [-0.2, -0.15) is 5.26 Å². The largest absolute Gasteiger partial charge is 0.338 e. The molecule has 5 heteroatoms. The van der Waals surface area contributed by atoms with Gasteiger partial charge in [-0.25, -0.2) is 0 Å². The van der Waals surface area contributed by atoms with Crippen molar-refractivity contribution >= 4 is 5.91 Å². The van der Waals surface area contributed by atoms with Crippen LogP contribution in [-0.2, 0) is 11.3 Å². The molecular weight excluding hydrogens is 348 g/mol. The standard InChI is InChI=1S/C23H28N4O/c1-19(22-6-4-3-5-7-22)25(2)23(28)18-27-14-12-26(13-15-27)17-21-10-8-20(16-24)9-11-21/h3-11,19H,12-15,17-18H2,1-2H3/t19-/m0/s1. The Labute approximate surface area is 167 Å². The molecule has 2 aromatic rings. The summed E-state index contributed by atoms with van der Waals surface area (Å²) in [7, 11) is 1.89. The first-order valence-electron chi connectivity index (χ1n) is 9.81. The molecule has 0 aromatic heterocycles. The minimum Gasteiger partial charge on any atom is -0.338 e. The first kappa shape index (κ1) is 20.1. The van der Waals surface area contributed by atoms with Crippen LogP contribution in [0.2, 0.25) is 0 Å². The molecule has 0 bridgehead atoms. The van der Waals surface area contributed by atoms with Gasteiger partial charge in [-0.3, -0.25) is 14.6 Å². The Morgan fingerprint density at radius 2 is 1.64 bits per heavy atom. The van der Waals surface area contributed by atoms with Gasteiger partial charge in [-0.1, -0.05) is 42.5 Å². The van der Waals surface area contributed by atoms with Crippen molar-refractivity contribution in [1.82, 2.24) is 14.7 Å². The van der Waals surface area contributed by atoms with E-state index >= 15 is 0 Å². The SMILES string of the molecule is C[C@@H](c1ccccc1)N(C)C(=O)CN1CCN(Cc2ccc(C#N)cc2)CC1. The van der Waals surface area contributed by atoms with Gasteiger partial charge in [-0.05, 0) is 30.2 Å². The number of nitrogens with zero attached hydrogens (tertiary/aromatic N) is 4. The third-order valence-electron chi connectivity index (χ3n) is 5.57. The summed E-state index contributed by atoms with van der Waals surface area (Å²) < 4.78 is 0. The highest BCUT2D eigenvalue weighted by molar-refractivity contribution is 5.78. The Morgan fingerprint density at radius 1 is 1.04 bits per heavy atom. The summed E-state index contributed by atoms with van der Waals surface area (Å²) in [5.74, 6) is 0.164. The molecule has 0 N–H and O–H groups in total. The number of rotatable bonds is 6. The molecule has 0 saturated carbocycles. The molecule has 2 aromatic carbocycles. The molecule has 28 heavy (non-hydrogen) atoms. The van der Waals surface area contributed by atoms with Crippen molar-refractivity contribution in [3.05, 3.63) is 71.3 Å². The molecular formula is C23H28N4O. The molecule has 1 aliphatic rings. The van der Waals surface area contributed by atoms with Crippen LogP contribution >= 0.6 is 0 Å². The average molecular weight is 377 g/mol. The lowest BCUT2D eigenvalue weighted by Crippen LogP contribution is -2.49. The minimum atomic E-state index is 0.0753. The van der Waals surface area contributed by atoms with Crippen molar-refractivity contribution in [3.63, 3.8) is 0 Å². The zero-order valence-electron chi connectivity index (χ0n) is 16.7. The van der Waals surface area contributed by atoms with Crippen molar-refractivity contribution < 1.29 is 4.79 Å².